The smallest absolute Gasteiger partial charge is 0.355 e. The maximum absolute atomic E-state index is 12.5. The Kier molecular flexibility index (Phi) is 9.91. The minimum absolute atomic E-state index is 0. The number of aliphatic imine (C=N–C) groups is 1. The van der Waals surface area contributed by atoms with Crippen molar-refractivity contribution in [3.8, 4) is 0 Å². The highest BCUT2D eigenvalue weighted by Gasteiger charge is 2.34. The molecule has 26 heavy (non-hydrogen) atoms. The number of nitrogens with zero attached hydrogens (tertiary/aromatic N) is 4. The van der Waals surface area contributed by atoms with Gasteiger partial charge in [-0.2, -0.15) is 13.2 Å². The van der Waals surface area contributed by atoms with E-state index in [-0.39, 0.29) is 30.0 Å². The molecule has 0 amide bonds. The van der Waals surface area contributed by atoms with Gasteiger partial charge in [-0.1, -0.05) is 0 Å². The highest BCUT2D eigenvalue weighted by Crippen LogP contribution is 2.19. The van der Waals surface area contributed by atoms with E-state index >= 15 is 0 Å². The lowest BCUT2D eigenvalue weighted by Crippen LogP contribution is -2.53. The van der Waals surface area contributed by atoms with E-state index in [1.807, 2.05) is 0 Å². The van der Waals surface area contributed by atoms with Gasteiger partial charge in [0.1, 0.15) is 0 Å². The number of rotatable bonds is 5. The summed E-state index contributed by atoms with van der Waals surface area (Å²) < 4.78 is 37.4. The first-order valence-corrected chi connectivity index (χ1v) is 8.95. The second-order valence-corrected chi connectivity index (χ2v) is 7.12. The molecule has 0 aromatic carbocycles. The quantitative estimate of drug-likeness (QED) is 0.342. The van der Waals surface area contributed by atoms with E-state index in [0.717, 1.165) is 32.7 Å². The van der Waals surface area contributed by atoms with Gasteiger partial charge in [0, 0.05) is 64.9 Å². The number of likely N-dealkylation sites (tertiary alicyclic amines) is 1. The lowest BCUT2D eigenvalue weighted by molar-refractivity contribution is -0.143. The number of guanidine groups is 1. The largest absolute Gasteiger partial charge is 0.401 e. The SMILES string of the molecule is CN=C(NCC(C)N1CCN(C)CC1)NC1CCN(CC(F)(F)F)C1.I. The van der Waals surface area contributed by atoms with E-state index in [4.69, 9.17) is 0 Å². The molecule has 2 heterocycles. The van der Waals surface area contributed by atoms with Crippen LogP contribution < -0.4 is 10.6 Å². The summed E-state index contributed by atoms with van der Waals surface area (Å²) >= 11 is 0. The molecule has 2 N–H and O–H groups in total. The van der Waals surface area contributed by atoms with E-state index in [0.29, 0.717) is 31.5 Å². The minimum Gasteiger partial charge on any atom is -0.355 e. The van der Waals surface area contributed by atoms with Crippen LogP contribution in [-0.2, 0) is 0 Å². The van der Waals surface area contributed by atoms with Crippen molar-refractivity contribution < 1.29 is 13.2 Å². The summed E-state index contributed by atoms with van der Waals surface area (Å²) in [7, 11) is 3.83. The number of halogens is 4. The number of hydrogen-bond donors (Lipinski definition) is 2. The molecule has 10 heteroatoms. The van der Waals surface area contributed by atoms with Crippen LogP contribution in [0.2, 0.25) is 0 Å². The Morgan fingerprint density at radius 3 is 2.42 bits per heavy atom. The fourth-order valence-corrected chi connectivity index (χ4v) is 3.37. The molecule has 154 valence electrons. The van der Waals surface area contributed by atoms with Crippen molar-refractivity contribution in [1.29, 1.82) is 0 Å². The topological polar surface area (TPSA) is 46.1 Å². The second kappa shape index (κ2) is 10.9. The normalized spacial score (nSPS) is 25.0. The van der Waals surface area contributed by atoms with Gasteiger partial charge >= 0.3 is 6.18 Å². The van der Waals surface area contributed by atoms with Gasteiger partial charge in [0.05, 0.1) is 6.54 Å². The molecule has 2 aliphatic heterocycles. The van der Waals surface area contributed by atoms with Crippen molar-refractivity contribution in [2.24, 2.45) is 4.99 Å². The van der Waals surface area contributed by atoms with Crippen LogP contribution in [0.15, 0.2) is 4.99 Å². The van der Waals surface area contributed by atoms with Crippen molar-refractivity contribution >= 4 is 29.9 Å². The molecule has 2 aliphatic rings. The highest BCUT2D eigenvalue weighted by atomic mass is 127. The number of piperazine rings is 1. The molecular weight excluding hydrogens is 460 g/mol. The summed E-state index contributed by atoms with van der Waals surface area (Å²) in [6.07, 6.45) is -3.43. The van der Waals surface area contributed by atoms with Crippen molar-refractivity contribution in [1.82, 2.24) is 25.3 Å². The standard InChI is InChI=1S/C16H31F3N6.HI/c1-13(25-8-6-23(3)7-9-25)10-21-15(20-2)22-14-4-5-24(11-14)12-16(17,18)19;/h13-14H,4-12H2,1-3H3,(H2,20,21,22);1H. The van der Waals surface area contributed by atoms with Crippen LogP contribution in [-0.4, -0.2) is 105 Å². The molecule has 2 rings (SSSR count). The van der Waals surface area contributed by atoms with Crippen LogP contribution in [0, 0.1) is 0 Å². The van der Waals surface area contributed by atoms with E-state index in [1.165, 1.54) is 4.90 Å². The third-order valence-corrected chi connectivity index (χ3v) is 4.97. The molecule has 0 aliphatic carbocycles. The molecule has 2 atom stereocenters. The zero-order valence-electron chi connectivity index (χ0n) is 15.8. The molecule has 2 saturated heterocycles. The van der Waals surface area contributed by atoms with Crippen LogP contribution in [0.5, 0.6) is 0 Å². The van der Waals surface area contributed by atoms with Crippen molar-refractivity contribution in [3.05, 3.63) is 0 Å². The lowest BCUT2D eigenvalue weighted by atomic mass is 10.2. The van der Waals surface area contributed by atoms with Gasteiger partial charge in [0.15, 0.2) is 5.96 Å². The summed E-state index contributed by atoms with van der Waals surface area (Å²) in [4.78, 5) is 10.4. The molecule has 0 aromatic heterocycles. The first-order valence-electron chi connectivity index (χ1n) is 8.95. The van der Waals surface area contributed by atoms with Crippen LogP contribution in [0.3, 0.4) is 0 Å². The third kappa shape index (κ3) is 8.13. The molecule has 0 saturated carbocycles. The number of alkyl halides is 3. The Morgan fingerprint density at radius 1 is 1.19 bits per heavy atom. The van der Waals surface area contributed by atoms with Gasteiger partial charge < -0.3 is 15.5 Å². The van der Waals surface area contributed by atoms with Crippen LogP contribution in [0.4, 0.5) is 13.2 Å². The Labute approximate surface area is 171 Å². The molecule has 6 nitrogen and oxygen atoms in total. The average Bonchev–Trinajstić information content (AvgIpc) is 2.96. The number of hydrogen-bond acceptors (Lipinski definition) is 4. The Bertz CT molecular complexity index is 440. The number of likely N-dealkylation sites (N-methyl/N-ethyl adjacent to an activating group) is 1. The predicted octanol–water partition coefficient (Wildman–Crippen LogP) is 1.04. The van der Waals surface area contributed by atoms with Crippen LogP contribution in [0.1, 0.15) is 13.3 Å². The maximum Gasteiger partial charge on any atom is 0.401 e. The van der Waals surface area contributed by atoms with Gasteiger partial charge in [-0.25, -0.2) is 0 Å². The minimum atomic E-state index is -4.13. The monoisotopic (exact) mass is 492 g/mol. The number of nitrogens with one attached hydrogen (secondary N) is 2. The van der Waals surface area contributed by atoms with Gasteiger partial charge in [-0.15, -0.1) is 24.0 Å². The molecule has 0 spiro atoms. The first kappa shape index (κ1) is 23.7. The van der Waals surface area contributed by atoms with Gasteiger partial charge in [0.2, 0.25) is 0 Å². The predicted molar refractivity (Wildman–Crippen MR) is 109 cm³/mol. The molecular formula is C16H32F3IN6. The Morgan fingerprint density at radius 2 is 1.85 bits per heavy atom. The third-order valence-electron chi connectivity index (χ3n) is 4.97. The van der Waals surface area contributed by atoms with Crippen molar-refractivity contribution in [3.63, 3.8) is 0 Å². The van der Waals surface area contributed by atoms with E-state index in [1.54, 1.807) is 7.05 Å². The molecule has 0 aromatic rings. The van der Waals surface area contributed by atoms with Gasteiger partial charge in [-0.3, -0.25) is 14.8 Å². The van der Waals surface area contributed by atoms with Crippen LogP contribution >= 0.6 is 24.0 Å². The second-order valence-electron chi connectivity index (χ2n) is 7.12. The van der Waals surface area contributed by atoms with E-state index in [2.05, 4.69) is 39.4 Å². The Hall–Kier alpha value is -0.330. The molecule has 0 radical (unpaired) electrons. The van der Waals surface area contributed by atoms with E-state index < -0.39 is 12.7 Å². The lowest BCUT2D eigenvalue weighted by Gasteiger charge is -2.36. The van der Waals surface area contributed by atoms with Gasteiger partial charge in [-0.05, 0) is 20.4 Å². The molecule has 2 fully saturated rings. The van der Waals surface area contributed by atoms with Crippen molar-refractivity contribution in [2.75, 3.05) is 66.5 Å². The fourth-order valence-electron chi connectivity index (χ4n) is 3.37. The first-order chi connectivity index (χ1) is 11.8. The maximum atomic E-state index is 12.5. The van der Waals surface area contributed by atoms with Gasteiger partial charge in [0.25, 0.3) is 0 Å². The summed E-state index contributed by atoms with van der Waals surface area (Å²) in [5, 5.41) is 6.56. The summed E-state index contributed by atoms with van der Waals surface area (Å²) in [6.45, 7) is 7.25. The zero-order chi connectivity index (χ0) is 18.4. The summed E-state index contributed by atoms with van der Waals surface area (Å²) in [6, 6.07) is 0.394. The summed E-state index contributed by atoms with van der Waals surface area (Å²) in [5.74, 6) is 0.667. The zero-order valence-corrected chi connectivity index (χ0v) is 18.2. The Balaban J connectivity index is 0.00000338. The van der Waals surface area contributed by atoms with Crippen molar-refractivity contribution in [2.45, 2.75) is 31.6 Å². The highest BCUT2D eigenvalue weighted by molar-refractivity contribution is 14.0. The summed E-state index contributed by atoms with van der Waals surface area (Å²) in [5.41, 5.74) is 0. The average molecular weight is 492 g/mol. The van der Waals surface area contributed by atoms with E-state index in [9.17, 15) is 13.2 Å². The molecule has 2 unspecified atom stereocenters. The van der Waals surface area contributed by atoms with Crippen LogP contribution in [0.25, 0.3) is 0 Å². The fraction of sp³-hybridized carbons (Fsp3) is 0.938. The molecule has 0 bridgehead atoms.